The van der Waals surface area contributed by atoms with Gasteiger partial charge in [-0.15, -0.1) is 0 Å². The SMILES string of the molecule is Cc1ccc(-c2nc(C)c(C(=O)O)c(C)n2)cc1Br. The molecule has 98 valence electrons. The summed E-state index contributed by atoms with van der Waals surface area (Å²) in [6.45, 7) is 5.37. The second-order valence-electron chi connectivity index (χ2n) is 4.36. The summed E-state index contributed by atoms with van der Waals surface area (Å²) in [5.74, 6) is -0.452. The van der Waals surface area contributed by atoms with Crippen molar-refractivity contribution in [1.29, 1.82) is 0 Å². The normalized spacial score (nSPS) is 10.5. The minimum Gasteiger partial charge on any atom is -0.478 e. The van der Waals surface area contributed by atoms with Crippen LogP contribution in [-0.2, 0) is 0 Å². The molecule has 0 aliphatic carbocycles. The molecule has 0 atom stereocenters. The molecule has 0 bridgehead atoms. The standard InChI is InChI=1S/C14H13BrN2O2/c1-7-4-5-10(6-11(7)15)13-16-8(2)12(14(18)19)9(3)17-13/h4-6H,1-3H3,(H,18,19). The fraction of sp³-hybridized carbons (Fsp3) is 0.214. The highest BCUT2D eigenvalue weighted by atomic mass is 79.9. The lowest BCUT2D eigenvalue weighted by atomic mass is 10.1. The number of hydrogen-bond acceptors (Lipinski definition) is 3. The average molecular weight is 321 g/mol. The molecule has 19 heavy (non-hydrogen) atoms. The summed E-state index contributed by atoms with van der Waals surface area (Å²) in [4.78, 5) is 19.7. The molecule has 0 aliphatic rings. The Morgan fingerprint density at radius 2 is 1.74 bits per heavy atom. The van der Waals surface area contributed by atoms with Gasteiger partial charge < -0.3 is 5.11 Å². The lowest BCUT2D eigenvalue weighted by Gasteiger charge is -2.08. The van der Waals surface area contributed by atoms with Crippen molar-refractivity contribution in [2.75, 3.05) is 0 Å². The Labute approximate surface area is 119 Å². The van der Waals surface area contributed by atoms with E-state index in [0.717, 1.165) is 15.6 Å². The van der Waals surface area contributed by atoms with E-state index in [9.17, 15) is 4.79 Å². The molecule has 0 aliphatic heterocycles. The molecule has 0 saturated heterocycles. The van der Waals surface area contributed by atoms with Crippen LogP contribution in [0.4, 0.5) is 0 Å². The van der Waals surface area contributed by atoms with Crippen molar-refractivity contribution in [2.45, 2.75) is 20.8 Å². The first-order valence-electron chi connectivity index (χ1n) is 5.75. The summed E-state index contributed by atoms with van der Waals surface area (Å²) in [5, 5.41) is 9.10. The molecule has 0 amide bonds. The summed E-state index contributed by atoms with van der Waals surface area (Å²) in [7, 11) is 0. The Bertz CT molecular complexity index is 645. The van der Waals surface area contributed by atoms with Crippen LogP contribution in [0, 0.1) is 20.8 Å². The van der Waals surface area contributed by atoms with Crippen molar-refractivity contribution in [3.05, 3.63) is 45.2 Å². The minimum atomic E-state index is -0.994. The smallest absolute Gasteiger partial charge is 0.339 e. The Morgan fingerprint density at radius 3 is 2.21 bits per heavy atom. The van der Waals surface area contributed by atoms with Crippen LogP contribution in [0.15, 0.2) is 22.7 Å². The van der Waals surface area contributed by atoms with Crippen molar-refractivity contribution in [3.63, 3.8) is 0 Å². The third kappa shape index (κ3) is 2.66. The molecule has 1 aromatic heterocycles. The maximum absolute atomic E-state index is 11.1. The molecular formula is C14H13BrN2O2. The highest BCUT2D eigenvalue weighted by Crippen LogP contribution is 2.24. The number of hydrogen-bond donors (Lipinski definition) is 1. The van der Waals surface area contributed by atoms with Gasteiger partial charge in [0, 0.05) is 10.0 Å². The lowest BCUT2D eigenvalue weighted by molar-refractivity contribution is 0.0694. The number of carbonyl (C=O) groups is 1. The third-order valence-electron chi connectivity index (χ3n) is 2.91. The molecule has 1 aromatic carbocycles. The fourth-order valence-electron chi connectivity index (χ4n) is 1.89. The maximum Gasteiger partial charge on any atom is 0.339 e. The fourth-order valence-corrected chi connectivity index (χ4v) is 2.27. The van der Waals surface area contributed by atoms with Gasteiger partial charge in [0.15, 0.2) is 5.82 Å². The van der Waals surface area contributed by atoms with Gasteiger partial charge >= 0.3 is 5.97 Å². The topological polar surface area (TPSA) is 63.1 Å². The summed E-state index contributed by atoms with van der Waals surface area (Å²) in [6.07, 6.45) is 0. The van der Waals surface area contributed by atoms with E-state index in [1.807, 2.05) is 25.1 Å². The van der Waals surface area contributed by atoms with Crippen LogP contribution >= 0.6 is 15.9 Å². The summed E-state index contributed by atoms with van der Waals surface area (Å²) >= 11 is 3.47. The van der Waals surface area contributed by atoms with Gasteiger partial charge in [0.2, 0.25) is 0 Å². The zero-order valence-electron chi connectivity index (χ0n) is 10.9. The van der Waals surface area contributed by atoms with Gasteiger partial charge in [0.1, 0.15) is 5.56 Å². The van der Waals surface area contributed by atoms with Gasteiger partial charge in [-0.25, -0.2) is 14.8 Å². The summed E-state index contributed by atoms with van der Waals surface area (Å²) < 4.78 is 0.978. The van der Waals surface area contributed by atoms with E-state index in [-0.39, 0.29) is 5.56 Å². The van der Waals surface area contributed by atoms with E-state index in [0.29, 0.717) is 17.2 Å². The summed E-state index contributed by atoms with van der Waals surface area (Å²) in [5.41, 5.74) is 3.12. The first-order chi connectivity index (χ1) is 8.90. The predicted octanol–water partition coefficient (Wildman–Crippen LogP) is 3.53. The number of nitrogens with zero attached hydrogens (tertiary/aromatic N) is 2. The van der Waals surface area contributed by atoms with E-state index >= 15 is 0 Å². The Kier molecular flexibility index (Phi) is 3.66. The second kappa shape index (κ2) is 5.09. The van der Waals surface area contributed by atoms with E-state index in [1.54, 1.807) is 13.8 Å². The average Bonchev–Trinajstić information content (AvgIpc) is 2.31. The summed E-state index contributed by atoms with van der Waals surface area (Å²) in [6, 6.07) is 5.83. The van der Waals surface area contributed by atoms with Crippen molar-refractivity contribution >= 4 is 21.9 Å². The van der Waals surface area contributed by atoms with Gasteiger partial charge in [0.25, 0.3) is 0 Å². The van der Waals surface area contributed by atoms with Crippen LogP contribution < -0.4 is 0 Å². The van der Waals surface area contributed by atoms with E-state index < -0.39 is 5.97 Å². The van der Waals surface area contributed by atoms with Gasteiger partial charge in [-0.1, -0.05) is 28.1 Å². The number of carboxylic acids is 1. The first-order valence-corrected chi connectivity index (χ1v) is 6.54. The Morgan fingerprint density at radius 1 is 1.16 bits per heavy atom. The van der Waals surface area contributed by atoms with Crippen molar-refractivity contribution in [3.8, 4) is 11.4 Å². The molecule has 4 nitrogen and oxygen atoms in total. The number of aromatic carboxylic acids is 1. The molecular weight excluding hydrogens is 308 g/mol. The molecule has 0 spiro atoms. The van der Waals surface area contributed by atoms with Gasteiger partial charge in [0.05, 0.1) is 11.4 Å². The van der Waals surface area contributed by atoms with E-state index in [4.69, 9.17) is 5.11 Å². The molecule has 2 aromatic rings. The van der Waals surface area contributed by atoms with Crippen LogP contribution in [0.5, 0.6) is 0 Å². The highest BCUT2D eigenvalue weighted by molar-refractivity contribution is 9.10. The maximum atomic E-state index is 11.1. The molecule has 0 unspecified atom stereocenters. The molecule has 1 heterocycles. The third-order valence-corrected chi connectivity index (χ3v) is 3.77. The number of aromatic nitrogens is 2. The van der Waals surface area contributed by atoms with Gasteiger partial charge in [-0.2, -0.15) is 0 Å². The zero-order valence-corrected chi connectivity index (χ0v) is 12.4. The van der Waals surface area contributed by atoms with Gasteiger partial charge in [-0.05, 0) is 32.4 Å². The monoisotopic (exact) mass is 320 g/mol. The minimum absolute atomic E-state index is 0.176. The van der Waals surface area contributed by atoms with Crippen molar-refractivity contribution in [2.24, 2.45) is 0 Å². The van der Waals surface area contributed by atoms with E-state index in [2.05, 4.69) is 25.9 Å². The Hall–Kier alpha value is -1.75. The van der Waals surface area contributed by atoms with Crippen LogP contribution in [0.2, 0.25) is 0 Å². The molecule has 0 saturated carbocycles. The van der Waals surface area contributed by atoms with Crippen LogP contribution in [0.1, 0.15) is 27.3 Å². The highest BCUT2D eigenvalue weighted by Gasteiger charge is 2.15. The lowest BCUT2D eigenvalue weighted by Crippen LogP contribution is -2.08. The number of benzene rings is 1. The Balaban J connectivity index is 2.58. The molecule has 5 heteroatoms. The van der Waals surface area contributed by atoms with Crippen molar-refractivity contribution in [1.82, 2.24) is 9.97 Å². The van der Waals surface area contributed by atoms with Crippen LogP contribution in [0.3, 0.4) is 0 Å². The van der Waals surface area contributed by atoms with Gasteiger partial charge in [-0.3, -0.25) is 0 Å². The largest absolute Gasteiger partial charge is 0.478 e. The molecule has 0 radical (unpaired) electrons. The number of carboxylic acid groups (broad SMARTS) is 1. The molecule has 2 rings (SSSR count). The number of aryl methyl sites for hydroxylation is 3. The quantitative estimate of drug-likeness (QED) is 0.919. The molecule has 0 fully saturated rings. The zero-order chi connectivity index (χ0) is 14.2. The molecule has 1 N–H and O–H groups in total. The number of rotatable bonds is 2. The number of halogens is 1. The first kappa shape index (κ1) is 13.7. The van der Waals surface area contributed by atoms with Crippen LogP contribution in [-0.4, -0.2) is 21.0 Å². The predicted molar refractivity (Wildman–Crippen MR) is 76.3 cm³/mol. The van der Waals surface area contributed by atoms with E-state index in [1.165, 1.54) is 0 Å². The van der Waals surface area contributed by atoms with Crippen molar-refractivity contribution < 1.29 is 9.90 Å². The second-order valence-corrected chi connectivity index (χ2v) is 5.22. The van der Waals surface area contributed by atoms with Crippen LogP contribution in [0.25, 0.3) is 11.4 Å².